The molecule has 0 saturated carbocycles. The highest BCUT2D eigenvalue weighted by atomic mass is 15.1. The maximum absolute atomic E-state index is 5.82. The molecule has 0 bridgehead atoms. The van der Waals surface area contributed by atoms with E-state index in [-0.39, 0.29) is 5.41 Å². The summed E-state index contributed by atoms with van der Waals surface area (Å²) < 4.78 is 2.11. The first-order chi connectivity index (χ1) is 9.47. The Hall–Kier alpha value is -2.36. The molecule has 2 N–H and O–H groups in total. The monoisotopic (exact) mass is 266 g/mol. The number of hydrogen-bond acceptors (Lipinski definition) is 3. The van der Waals surface area contributed by atoms with Gasteiger partial charge in [-0.3, -0.25) is 4.57 Å². The molecule has 2 heterocycles. The summed E-state index contributed by atoms with van der Waals surface area (Å²) in [5.41, 5.74) is 9.12. The Morgan fingerprint density at radius 3 is 2.45 bits per heavy atom. The quantitative estimate of drug-likeness (QED) is 0.735. The van der Waals surface area contributed by atoms with Crippen molar-refractivity contribution in [3.8, 4) is 5.69 Å². The number of para-hydroxylation sites is 1. The first-order valence-electron chi connectivity index (χ1n) is 6.67. The molecule has 3 aromatic rings. The minimum atomic E-state index is -0.0781. The third-order valence-corrected chi connectivity index (χ3v) is 3.20. The topological polar surface area (TPSA) is 56.7 Å². The van der Waals surface area contributed by atoms with E-state index >= 15 is 0 Å². The molecule has 0 radical (unpaired) electrons. The number of nitrogens with zero attached hydrogens (tertiary/aromatic N) is 3. The fourth-order valence-electron chi connectivity index (χ4n) is 2.31. The highest BCUT2D eigenvalue weighted by Crippen LogP contribution is 2.29. The highest BCUT2D eigenvalue weighted by molar-refractivity contribution is 5.77. The molecule has 2 aromatic heterocycles. The van der Waals surface area contributed by atoms with E-state index in [0.717, 1.165) is 22.7 Å². The van der Waals surface area contributed by atoms with E-state index in [1.165, 1.54) is 0 Å². The standard InChI is InChI=1S/C16H18N4/c1-16(2,3)15-19-13-9-11(17)10-18-14(13)20(15)12-7-5-4-6-8-12/h4-10H,17H2,1-3H3. The van der Waals surface area contributed by atoms with Crippen molar-refractivity contribution in [3.63, 3.8) is 0 Å². The predicted molar refractivity (Wildman–Crippen MR) is 82.0 cm³/mol. The van der Waals surface area contributed by atoms with E-state index < -0.39 is 0 Å². The van der Waals surface area contributed by atoms with Crippen LogP contribution in [0.5, 0.6) is 0 Å². The van der Waals surface area contributed by atoms with Gasteiger partial charge in [0.1, 0.15) is 11.3 Å². The lowest BCUT2D eigenvalue weighted by molar-refractivity contribution is 0.538. The number of anilines is 1. The number of benzene rings is 1. The molecule has 0 atom stereocenters. The zero-order valence-corrected chi connectivity index (χ0v) is 12.0. The van der Waals surface area contributed by atoms with Crippen LogP contribution in [0.25, 0.3) is 16.9 Å². The van der Waals surface area contributed by atoms with Gasteiger partial charge in [0.05, 0.1) is 11.9 Å². The zero-order chi connectivity index (χ0) is 14.3. The van der Waals surface area contributed by atoms with Gasteiger partial charge in [0.15, 0.2) is 5.65 Å². The van der Waals surface area contributed by atoms with Crippen LogP contribution in [0.3, 0.4) is 0 Å². The molecule has 102 valence electrons. The minimum Gasteiger partial charge on any atom is -0.397 e. The first-order valence-corrected chi connectivity index (χ1v) is 6.67. The Morgan fingerprint density at radius 2 is 1.80 bits per heavy atom. The van der Waals surface area contributed by atoms with Gasteiger partial charge in [-0.1, -0.05) is 39.0 Å². The van der Waals surface area contributed by atoms with Crippen molar-refractivity contribution in [2.75, 3.05) is 5.73 Å². The van der Waals surface area contributed by atoms with Gasteiger partial charge in [-0.2, -0.15) is 0 Å². The van der Waals surface area contributed by atoms with Crippen LogP contribution >= 0.6 is 0 Å². The van der Waals surface area contributed by atoms with E-state index in [9.17, 15) is 0 Å². The van der Waals surface area contributed by atoms with Gasteiger partial charge in [0.25, 0.3) is 0 Å². The summed E-state index contributed by atoms with van der Waals surface area (Å²) in [6, 6.07) is 12.0. The number of nitrogens with two attached hydrogens (primary N) is 1. The molecular formula is C16H18N4. The number of fused-ring (bicyclic) bond motifs is 1. The van der Waals surface area contributed by atoms with Gasteiger partial charge in [-0.05, 0) is 18.2 Å². The van der Waals surface area contributed by atoms with Crippen LogP contribution in [0.2, 0.25) is 0 Å². The van der Waals surface area contributed by atoms with Crippen molar-refractivity contribution < 1.29 is 0 Å². The van der Waals surface area contributed by atoms with Gasteiger partial charge < -0.3 is 5.73 Å². The lowest BCUT2D eigenvalue weighted by atomic mass is 9.95. The molecule has 0 aliphatic heterocycles. The summed E-state index contributed by atoms with van der Waals surface area (Å²) in [7, 11) is 0. The number of imidazole rings is 1. The maximum atomic E-state index is 5.82. The summed E-state index contributed by atoms with van der Waals surface area (Å²) in [4.78, 5) is 9.21. The van der Waals surface area contributed by atoms with Crippen LogP contribution in [0.1, 0.15) is 26.6 Å². The van der Waals surface area contributed by atoms with Crippen molar-refractivity contribution in [2.45, 2.75) is 26.2 Å². The van der Waals surface area contributed by atoms with Crippen molar-refractivity contribution in [3.05, 3.63) is 48.4 Å². The number of nitrogen functional groups attached to an aromatic ring is 1. The summed E-state index contributed by atoms with van der Waals surface area (Å²) >= 11 is 0. The van der Waals surface area contributed by atoms with Crippen molar-refractivity contribution in [1.82, 2.24) is 14.5 Å². The minimum absolute atomic E-state index is 0.0781. The number of pyridine rings is 1. The fraction of sp³-hybridized carbons (Fsp3) is 0.250. The lowest BCUT2D eigenvalue weighted by Crippen LogP contribution is -2.18. The number of aromatic nitrogens is 3. The smallest absolute Gasteiger partial charge is 0.164 e. The summed E-state index contributed by atoms with van der Waals surface area (Å²) in [6.45, 7) is 6.45. The zero-order valence-electron chi connectivity index (χ0n) is 12.0. The van der Waals surface area contributed by atoms with E-state index in [4.69, 9.17) is 10.7 Å². The summed E-state index contributed by atoms with van der Waals surface area (Å²) in [6.07, 6.45) is 1.68. The molecule has 3 rings (SSSR count). The van der Waals surface area contributed by atoms with E-state index in [1.54, 1.807) is 6.20 Å². The second-order valence-corrected chi connectivity index (χ2v) is 5.97. The normalized spacial score (nSPS) is 11.9. The van der Waals surface area contributed by atoms with Crippen molar-refractivity contribution >= 4 is 16.9 Å². The van der Waals surface area contributed by atoms with Crippen LogP contribution in [0.15, 0.2) is 42.6 Å². The molecule has 0 aliphatic rings. The molecule has 0 amide bonds. The van der Waals surface area contributed by atoms with E-state index in [1.807, 2.05) is 24.3 Å². The molecule has 0 spiro atoms. The van der Waals surface area contributed by atoms with Gasteiger partial charge in [0, 0.05) is 11.1 Å². The Bertz CT molecular complexity index is 751. The molecular weight excluding hydrogens is 248 g/mol. The van der Waals surface area contributed by atoms with Gasteiger partial charge in [0.2, 0.25) is 0 Å². The van der Waals surface area contributed by atoms with Crippen LogP contribution < -0.4 is 5.73 Å². The maximum Gasteiger partial charge on any atom is 0.164 e. The van der Waals surface area contributed by atoms with Gasteiger partial charge >= 0.3 is 0 Å². The molecule has 0 aliphatic carbocycles. The summed E-state index contributed by atoms with van der Waals surface area (Å²) in [5.74, 6) is 0.983. The van der Waals surface area contributed by atoms with E-state index in [0.29, 0.717) is 5.69 Å². The van der Waals surface area contributed by atoms with Crippen LogP contribution in [0.4, 0.5) is 5.69 Å². The molecule has 0 fully saturated rings. The first kappa shape index (κ1) is 12.7. The average molecular weight is 266 g/mol. The molecule has 0 unspecified atom stereocenters. The third-order valence-electron chi connectivity index (χ3n) is 3.20. The number of hydrogen-bond donors (Lipinski definition) is 1. The SMILES string of the molecule is CC(C)(C)c1nc2cc(N)cnc2n1-c1ccccc1. The lowest BCUT2D eigenvalue weighted by Gasteiger charge is -2.19. The van der Waals surface area contributed by atoms with Crippen LogP contribution in [-0.4, -0.2) is 14.5 Å². The largest absolute Gasteiger partial charge is 0.397 e. The Labute approximate surface area is 118 Å². The Morgan fingerprint density at radius 1 is 1.10 bits per heavy atom. The summed E-state index contributed by atoms with van der Waals surface area (Å²) in [5, 5.41) is 0. The van der Waals surface area contributed by atoms with E-state index in [2.05, 4.69) is 42.5 Å². The molecule has 0 saturated heterocycles. The van der Waals surface area contributed by atoms with Crippen molar-refractivity contribution in [1.29, 1.82) is 0 Å². The fourth-order valence-corrected chi connectivity index (χ4v) is 2.31. The second-order valence-electron chi connectivity index (χ2n) is 5.97. The van der Waals surface area contributed by atoms with Gasteiger partial charge in [-0.15, -0.1) is 0 Å². The molecule has 4 nitrogen and oxygen atoms in total. The predicted octanol–water partition coefficient (Wildman–Crippen LogP) is 3.30. The molecule has 1 aromatic carbocycles. The molecule has 20 heavy (non-hydrogen) atoms. The number of rotatable bonds is 1. The second kappa shape index (κ2) is 4.34. The van der Waals surface area contributed by atoms with Crippen LogP contribution in [-0.2, 0) is 5.41 Å². The average Bonchev–Trinajstić information content (AvgIpc) is 2.78. The van der Waals surface area contributed by atoms with Crippen LogP contribution in [0, 0.1) is 0 Å². The Balaban J connectivity index is 2.38. The highest BCUT2D eigenvalue weighted by Gasteiger charge is 2.24. The van der Waals surface area contributed by atoms with Gasteiger partial charge in [-0.25, -0.2) is 9.97 Å². The van der Waals surface area contributed by atoms with Crippen molar-refractivity contribution in [2.24, 2.45) is 0 Å². The third kappa shape index (κ3) is 2.03. The Kier molecular flexibility index (Phi) is 2.74. The molecule has 4 heteroatoms.